The Morgan fingerprint density at radius 2 is 1.75 bits per heavy atom. The molecule has 28 heavy (non-hydrogen) atoms. The number of hydrogen-bond acceptors (Lipinski definition) is 3. The normalized spacial score (nSPS) is 11.6. The van der Waals surface area contributed by atoms with E-state index in [9.17, 15) is 18.4 Å². The molecule has 150 valence electrons. The highest BCUT2D eigenvalue weighted by molar-refractivity contribution is 5.88. The Bertz CT molecular complexity index is 796. The highest BCUT2D eigenvalue weighted by Gasteiger charge is 2.28. The van der Waals surface area contributed by atoms with Crippen molar-refractivity contribution < 1.29 is 23.1 Å². The van der Waals surface area contributed by atoms with Gasteiger partial charge >= 0.3 is 0 Å². The van der Waals surface area contributed by atoms with Crippen LogP contribution in [0, 0.1) is 11.6 Å². The summed E-state index contributed by atoms with van der Waals surface area (Å²) in [6, 6.07) is 10.8. The third kappa shape index (κ3) is 5.77. The number of benzene rings is 2. The SMILES string of the molecule is CCNC(=O)[C@H](CC)N(Cc1ccc(F)cc1)C(=O)COc1ccccc1F. The predicted molar refractivity (Wildman–Crippen MR) is 102 cm³/mol. The van der Waals surface area contributed by atoms with Crippen LogP contribution in [0.5, 0.6) is 5.75 Å². The van der Waals surface area contributed by atoms with Gasteiger partial charge in [-0.2, -0.15) is 0 Å². The molecule has 1 N–H and O–H groups in total. The Kier molecular flexibility index (Phi) is 7.92. The summed E-state index contributed by atoms with van der Waals surface area (Å²) in [6.07, 6.45) is 0.387. The van der Waals surface area contributed by atoms with Crippen molar-refractivity contribution >= 4 is 11.8 Å². The second-order valence-corrected chi connectivity index (χ2v) is 6.19. The molecule has 0 unspecified atom stereocenters. The van der Waals surface area contributed by atoms with Crippen LogP contribution >= 0.6 is 0 Å². The fourth-order valence-corrected chi connectivity index (χ4v) is 2.78. The van der Waals surface area contributed by atoms with Gasteiger partial charge in [0.1, 0.15) is 11.9 Å². The predicted octanol–water partition coefficient (Wildman–Crippen LogP) is 3.29. The number of carbonyl (C=O) groups is 2. The molecule has 0 aliphatic rings. The number of hydrogen-bond donors (Lipinski definition) is 1. The molecule has 0 spiro atoms. The van der Waals surface area contributed by atoms with E-state index in [1.807, 2.05) is 0 Å². The minimum Gasteiger partial charge on any atom is -0.481 e. The van der Waals surface area contributed by atoms with Crippen LogP contribution in [-0.2, 0) is 16.1 Å². The molecule has 0 aliphatic carbocycles. The molecule has 2 aromatic rings. The average molecular weight is 390 g/mol. The van der Waals surface area contributed by atoms with Crippen LogP contribution in [0.3, 0.4) is 0 Å². The highest BCUT2D eigenvalue weighted by atomic mass is 19.1. The summed E-state index contributed by atoms with van der Waals surface area (Å²) < 4.78 is 32.2. The minimum absolute atomic E-state index is 0.0383. The number of likely N-dealkylation sites (N-methyl/N-ethyl adjacent to an activating group) is 1. The first kappa shape index (κ1) is 21.3. The molecule has 0 saturated carbocycles. The fraction of sp³-hybridized carbons (Fsp3) is 0.333. The number of para-hydroxylation sites is 1. The van der Waals surface area contributed by atoms with Crippen molar-refractivity contribution in [2.24, 2.45) is 0 Å². The highest BCUT2D eigenvalue weighted by Crippen LogP contribution is 2.17. The molecular formula is C21H24F2N2O3. The first-order chi connectivity index (χ1) is 13.5. The standard InChI is InChI=1S/C21H24F2N2O3/c1-3-18(21(27)24-4-2)25(13-15-9-11-16(22)12-10-15)20(26)14-28-19-8-6-5-7-17(19)23/h5-12,18H,3-4,13-14H2,1-2H3,(H,24,27)/t18-/m0/s1. The van der Waals surface area contributed by atoms with Gasteiger partial charge in [-0.1, -0.05) is 31.2 Å². The molecule has 0 aliphatic heterocycles. The van der Waals surface area contributed by atoms with Gasteiger partial charge in [0.15, 0.2) is 18.2 Å². The zero-order valence-corrected chi connectivity index (χ0v) is 16.0. The molecule has 0 aromatic heterocycles. The Labute approximate surface area is 163 Å². The molecule has 1 atom stereocenters. The lowest BCUT2D eigenvalue weighted by atomic mass is 10.1. The monoisotopic (exact) mass is 390 g/mol. The average Bonchev–Trinajstić information content (AvgIpc) is 2.68. The van der Waals surface area contributed by atoms with Crippen LogP contribution in [-0.4, -0.2) is 35.9 Å². The minimum atomic E-state index is -0.721. The van der Waals surface area contributed by atoms with E-state index in [0.29, 0.717) is 18.5 Å². The lowest BCUT2D eigenvalue weighted by Crippen LogP contribution is -2.50. The summed E-state index contributed by atoms with van der Waals surface area (Å²) in [4.78, 5) is 26.6. The molecule has 2 amide bonds. The van der Waals surface area contributed by atoms with E-state index in [0.717, 1.165) is 0 Å². The number of rotatable bonds is 9. The maximum absolute atomic E-state index is 13.7. The third-order valence-electron chi connectivity index (χ3n) is 4.19. The number of nitrogens with zero attached hydrogens (tertiary/aromatic N) is 1. The van der Waals surface area contributed by atoms with Gasteiger partial charge in [0, 0.05) is 13.1 Å². The number of amides is 2. The third-order valence-corrected chi connectivity index (χ3v) is 4.19. The Morgan fingerprint density at radius 1 is 1.07 bits per heavy atom. The smallest absolute Gasteiger partial charge is 0.261 e. The second-order valence-electron chi connectivity index (χ2n) is 6.19. The maximum Gasteiger partial charge on any atom is 0.261 e. The summed E-state index contributed by atoms with van der Waals surface area (Å²) in [6.45, 7) is 3.70. The molecule has 0 radical (unpaired) electrons. The van der Waals surface area contributed by atoms with Gasteiger partial charge in [-0.05, 0) is 43.2 Å². The summed E-state index contributed by atoms with van der Waals surface area (Å²) in [5.41, 5.74) is 0.670. The first-order valence-electron chi connectivity index (χ1n) is 9.15. The summed E-state index contributed by atoms with van der Waals surface area (Å²) in [5.74, 6) is -1.75. The number of carbonyl (C=O) groups excluding carboxylic acids is 2. The van der Waals surface area contributed by atoms with E-state index in [2.05, 4.69) is 5.32 Å². The fourth-order valence-electron chi connectivity index (χ4n) is 2.78. The largest absolute Gasteiger partial charge is 0.481 e. The van der Waals surface area contributed by atoms with Crippen LogP contribution < -0.4 is 10.1 Å². The van der Waals surface area contributed by atoms with Crippen LogP contribution in [0.25, 0.3) is 0 Å². The zero-order valence-electron chi connectivity index (χ0n) is 16.0. The van der Waals surface area contributed by atoms with Crippen LogP contribution in [0.15, 0.2) is 48.5 Å². The lowest BCUT2D eigenvalue weighted by molar-refractivity contribution is -0.143. The van der Waals surface area contributed by atoms with Crippen molar-refractivity contribution in [3.05, 3.63) is 65.7 Å². The van der Waals surface area contributed by atoms with E-state index in [1.165, 1.54) is 35.2 Å². The maximum atomic E-state index is 13.7. The summed E-state index contributed by atoms with van der Waals surface area (Å²) in [5, 5.41) is 2.72. The van der Waals surface area contributed by atoms with Crippen molar-refractivity contribution in [3.63, 3.8) is 0 Å². The van der Waals surface area contributed by atoms with Gasteiger partial charge in [-0.25, -0.2) is 8.78 Å². The quantitative estimate of drug-likeness (QED) is 0.715. The molecule has 0 bridgehead atoms. The van der Waals surface area contributed by atoms with Gasteiger partial charge in [0.25, 0.3) is 5.91 Å². The topological polar surface area (TPSA) is 58.6 Å². The molecule has 0 heterocycles. The van der Waals surface area contributed by atoms with E-state index < -0.39 is 24.4 Å². The molecule has 2 aromatic carbocycles. The molecule has 2 rings (SSSR count). The molecule has 7 heteroatoms. The molecular weight excluding hydrogens is 366 g/mol. The Hall–Kier alpha value is -2.96. The van der Waals surface area contributed by atoms with Crippen molar-refractivity contribution in [1.29, 1.82) is 0 Å². The van der Waals surface area contributed by atoms with Gasteiger partial charge in [0.05, 0.1) is 0 Å². The van der Waals surface area contributed by atoms with Crippen molar-refractivity contribution in [1.82, 2.24) is 10.2 Å². The van der Waals surface area contributed by atoms with Gasteiger partial charge in [-0.15, -0.1) is 0 Å². The van der Waals surface area contributed by atoms with Crippen LogP contribution in [0.1, 0.15) is 25.8 Å². The Morgan fingerprint density at radius 3 is 2.36 bits per heavy atom. The zero-order chi connectivity index (χ0) is 20.5. The van der Waals surface area contributed by atoms with Crippen molar-refractivity contribution in [3.8, 4) is 5.75 Å². The van der Waals surface area contributed by atoms with Crippen molar-refractivity contribution in [2.75, 3.05) is 13.2 Å². The molecule has 0 fully saturated rings. The number of ether oxygens (including phenoxy) is 1. The number of halogens is 2. The van der Waals surface area contributed by atoms with E-state index in [1.54, 1.807) is 32.0 Å². The summed E-state index contributed by atoms with van der Waals surface area (Å²) >= 11 is 0. The number of nitrogens with one attached hydrogen (secondary N) is 1. The molecule has 5 nitrogen and oxygen atoms in total. The first-order valence-corrected chi connectivity index (χ1v) is 9.15. The second kappa shape index (κ2) is 10.4. The van der Waals surface area contributed by atoms with E-state index in [-0.39, 0.29) is 24.0 Å². The summed E-state index contributed by atoms with van der Waals surface area (Å²) in [7, 11) is 0. The van der Waals surface area contributed by atoms with Crippen LogP contribution in [0.2, 0.25) is 0 Å². The van der Waals surface area contributed by atoms with Gasteiger partial charge in [-0.3, -0.25) is 9.59 Å². The van der Waals surface area contributed by atoms with Gasteiger partial charge in [0.2, 0.25) is 5.91 Å². The van der Waals surface area contributed by atoms with E-state index >= 15 is 0 Å². The Balaban J connectivity index is 2.19. The molecule has 0 saturated heterocycles. The lowest BCUT2D eigenvalue weighted by Gasteiger charge is -2.30. The van der Waals surface area contributed by atoms with E-state index in [4.69, 9.17) is 4.74 Å². The van der Waals surface area contributed by atoms with Gasteiger partial charge < -0.3 is 15.0 Å². The van der Waals surface area contributed by atoms with Crippen molar-refractivity contribution in [2.45, 2.75) is 32.9 Å². The van der Waals surface area contributed by atoms with Crippen LogP contribution in [0.4, 0.5) is 8.78 Å².